The summed E-state index contributed by atoms with van der Waals surface area (Å²) in [5.41, 5.74) is 12.9. The molecule has 1 aromatic carbocycles. The molecular formula is C26H31N5. The second kappa shape index (κ2) is 9.29. The molecule has 1 aliphatic rings. The molecule has 0 spiro atoms. The molecule has 1 aliphatic heterocycles. The molecule has 31 heavy (non-hydrogen) atoms. The lowest BCUT2D eigenvalue weighted by Crippen LogP contribution is -2.43. The first kappa shape index (κ1) is 21.0. The number of hydrogen-bond acceptors (Lipinski definition) is 3. The third kappa shape index (κ3) is 4.76. The molecule has 0 radical (unpaired) electrons. The lowest BCUT2D eigenvalue weighted by Gasteiger charge is -2.36. The van der Waals surface area contributed by atoms with E-state index in [0.717, 1.165) is 43.7 Å². The Morgan fingerprint density at radius 1 is 1.10 bits per heavy atom. The molecule has 0 bridgehead atoms. The van der Waals surface area contributed by atoms with Gasteiger partial charge in [0.15, 0.2) is 5.96 Å². The first-order chi connectivity index (χ1) is 15.0. The normalized spacial score (nSPS) is 15.6. The molecule has 1 saturated heterocycles. The lowest BCUT2D eigenvalue weighted by molar-refractivity contribution is 0.230. The maximum Gasteiger partial charge on any atom is 0.188 e. The van der Waals surface area contributed by atoms with Gasteiger partial charge >= 0.3 is 0 Å². The van der Waals surface area contributed by atoms with Crippen LogP contribution in [0.4, 0.5) is 0 Å². The first-order valence-electron chi connectivity index (χ1n) is 11.0. The average Bonchev–Trinajstić information content (AvgIpc) is 2.79. The number of aromatic nitrogens is 2. The van der Waals surface area contributed by atoms with Gasteiger partial charge in [0, 0.05) is 42.7 Å². The Labute approximate surface area is 184 Å². The van der Waals surface area contributed by atoms with Crippen molar-refractivity contribution in [3.63, 3.8) is 0 Å². The molecule has 4 rings (SSSR count). The summed E-state index contributed by atoms with van der Waals surface area (Å²) in [6.45, 7) is 5.89. The lowest BCUT2D eigenvalue weighted by atomic mass is 9.77. The van der Waals surface area contributed by atoms with Crippen molar-refractivity contribution in [1.82, 2.24) is 14.9 Å². The molecule has 5 nitrogen and oxygen atoms in total. The van der Waals surface area contributed by atoms with Crippen LogP contribution in [0.15, 0.2) is 60.9 Å². The minimum Gasteiger partial charge on any atom is -0.370 e. The predicted molar refractivity (Wildman–Crippen MR) is 126 cm³/mol. The molecular weight excluding hydrogens is 382 g/mol. The highest BCUT2D eigenvalue weighted by Gasteiger charge is 2.31. The fraction of sp³-hybridized carbons (Fsp3) is 0.346. The topological polar surface area (TPSA) is 78.9 Å². The molecule has 3 aromatic rings. The number of guanidine groups is 1. The number of likely N-dealkylation sites (tertiary alicyclic amines) is 1. The van der Waals surface area contributed by atoms with Gasteiger partial charge < -0.3 is 10.6 Å². The van der Waals surface area contributed by atoms with Crippen molar-refractivity contribution < 1.29 is 0 Å². The van der Waals surface area contributed by atoms with Crippen LogP contribution in [0.25, 0.3) is 11.1 Å². The van der Waals surface area contributed by atoms with E-state index in [4.69, 9.17) is 21.1 Å². The Bertz CT molecular complexity index is 1040. The fourth-order valence-electron chi connectivity index (χ4n) is 4.77. The van der Waals surface area contributed by atoms with Crippen molar-refractivity contribution in [2.24, 2.45) is 11.7 Å². The SMILES string of the molecule is Cc1cnc(CC(c2ncccc2-c2ccccc2)C2CCN(C(=N)N)CC2)c(C)c1. The molecule has 0 amide bonds. The van der Waals surface area contributed by atoms with Gasteiger partial charge in [-0.3, -0.25) is 15.4 Å². The highest BCUT2D eigenvalue weighted by Crippen LogP contribution is 2.39. The van der Waals surface area contributed by atoms with Crippen molar-refractivity contribution in [2.45, 2.75) is 39.0 Å². The Kier molecular flexibility index (Phi) is 6.31. The maximum absolute atomic E-state index is 7.78. The van der Waals surface area contributed by atoms with Gasteiger partial charge in [-0.05, 0) is 61.8 Å². The van der Waals surface area contributed by atoms with E-state index in [1.165, 1.54) is 22.3 Å². The van der Waals surface area contributed by atoms with Gasteiger partial charge in [-0.25, -0.2) is 0 Å². The van der Waals surface area contributed by atoms with Crippen molar-refractivity contribution in [2.75, 3.05) is 13.1 Å². The Morgan fingerprint density at radius 2 is 1.84 bits per heavy atom. The molecule has 1 fully saturated rings. The van der Waals surface area contributed by atoms with Crippen LogP contribution < -0.4 is 5.73 Å². The minimum atomic E-state index is 0.175. The summed E-state index contributed by atoms with van der Waals surface area (Å²) in [4.78, 5) is 11.7. The zero-order chi connectivity index (χ0) is 21.8. The monoisotopic (exact) mass is 413 g/mol. The summed E-state index contributed by atoms with van der Waals surface area (Å²) in [5, 5.41) is 7.78. The van der Waals surface area contributed by atoms with Crippen LogP contribution in [0.2, 0.25) is 0 Å². The molecule has 5 heteroatoms. The van der Waals surface area contributed by atoms with Crippen LogP contribution in [0.5, 0.6) is 0 Å². The van der Waals surface area contributed by atoms with Crippen LogP contribution >= 0.6 is 0 Å². The molecule has 0 aliphatic carbocycles. The number of piperidine rings is 1. The third-order valence-corrected chi connectivity index (χ3v) is 6.46. The number of benzene rings is 1. The summed E-state index contributed by atoms with van der Waals surface area (Å²) in [7, 11) is 0. The van der Waals surface area contributed by atoms with Gasteiger partial charge in [0.2, 0.25) is 0 Å². The summed E-state index contributed by atoms with van der Waals surface area (Å²) in [5.74, 6) is 0.906. The number of hydrogen-bond donors (Lipinski definition) is 2. The van der Waals surface area contributed by atoms with Crippen molar-refractivity contribution >= 4 is 5.96 Å². The Balaban J connectivity index is 1.72. The van der Waals surface area contributed by atoms with E-state index in [1.54, 1.807) is 0 Å². The smallest absolute Gasteiger partial charge is 0.188 e. The standard InChI is InChI=1S/C26H31N5/c1-18-15-19(2)24(30-17-18)16-23(21-10-13-31(14-11-21)26(27)28)25-22(9-6-12-29-25)20-7-4-3-5-8-20/h3-9,12,15,17,21,23H,10-11,13-14,16H2,1-2H3,(H3,27,28). The molecule has 160 valence electrons. The van der Waals surface area contributed by atoms with Crippen molar-refractivity contribution in [3.8, 4) is 11.1 Å². The van der Waals surface area contributed by atoms with Gasteiger partial charge in [0.1, 0.15) is 0 Å². The van der Waals surface area contributed by atoms with E-state index in [-0.39, 0.29) is 11.9 Å². The number of nitrogens with two attached hydrogens (primary N) is 1. The summed E-state index contributed by atoms with van der Waals surface area (Å²) in [6.07, 6.45) is 6.75. The van der Waals surface area contributed by atoms with Crippen LogP contribution in [0, 0.1) is 25.2 Å². The number of pyridine rings is 2. The van der Waals surface area contributed by atoms with Crippen LogP contribution in [-0.4, -0.2) is 33.9 Å². The van der Waals surface area contributed by atoms with Gasteiger partial charge in [-0.2, -0.15) is 0 Å². The minimum absolute atomic E-state index is 0.175. The second-order valence-corrected chi connectivity index (χ2v) is 8.60. The van der Waals surface area contributed by atoms with E-state index < -0.39 is 0 Å². The van der Waals surface area contributed by atoms with E-state index in [2.05, 4.69) is 50.2 Å². The molecule has 0 saturated carbocycles. The van der Waals surface area contributed by atoms with E-state index in [1.807, 2.05) is 29.4 Å². The van der Waals surface area contributed by atoms with Crippen LogP contribution in [-0.2, 0) is 6.42 Å². The molecule has 1 unspecified atom stereocenters. The average molecular weight is 414 g/mol. The molecule has 2 aromatic heterocycles. The molecule has 3 heterocycles. The Hall–Kier alpha value is -3.21. The van der Waals surface area contributed by atoms with E-state index in [9.17, 15) is 0 Å². The van der Waals surface area contributed by atoms with E-state index >= 15 is 0 Å². The zero-order valence-corrected chi connectivity index (χ0v) is 18.4. The fourth-order valence-corrected chi connectivity index (χ4v) is 4.77. The van der Waals surface area contributed by atoms with Gasteiger partial charge in [0.05, 0.1) is 5.69 Å². The molecule has 1 atom stereocenters. The number of nitrogens with zero attached hydrogens (tertiary/aromatic N) is 3. The molecule has 3 N–H and O–H groups in total. The van der Waals surface area contributed by atoms with Gasteiger partial charge in [0.25, 0.3) is 0 Å². The highest BCUT2D eigenvalue weighted by molar-refractivity contribution is 5.74. The third-order valence-electron chi connectivity index (χ3n) is 6.46. The summed E-state index contributed by atoms with van der Waals surface area (Å²) < 4.78 is 0. The van der Waals surface area contributed by atoms with E-state index in [0.29, 0.717) is 5.92 Å². The number of nitrogens with one attached hydrogen (secondary N) is 1. The van der Waals surface area contributed by atoms with Gasteiger partial charge in [-0.15, -0.1) is 0 Å². The maximum atomic E-state index is 7.78. The Morgan fingerprint density at radius 3 is 2.52 bits per heavy atom. The van der Waals surface area contributed by atoms with Crippen molar-refractivity contribution in [3.05, 3.63) is 83.4 Å². The van der Waals surface area contributed by atoms with Crippen LogP contribution in [0.3, 0.4) is 0 Å². The number of aryl methyl sites for hydroxylation is 2. The predicted octanol–water partition coefficient (Wildman–Crippen LogP) is 4.69. The summed E-state index contributed by atoms with van der Waals surface area (Å²) in [6, 6.07) is 17.0. The highest BCUT2D eigenvalue weighted by atomic mass is 15.2. The van der Waals surface area contributed by atoms with Crippen molar-refractivity contribution in [1.29, 1.82) is 5.41 Å². The number of rotatable bonds is 5. The van der Waals surface area contributed by atoms with Gasteiger partial charge in [-0.1, -0.05) is 42.5 Å². The largest absolute Gasteiger partial charge is 0.370 e. The van der Waals surface area contributed by atoms with Crippen LogP contribution in [0.1, 0.15) is 41.3 Å². The second-order valence-electron chi connectivity index (χ2n) is 8.60. The first-order valence-corrected chi connectivity index (χ1v) is 11.0. The zero-order valence-electron chi connectivity index (χ0n) is 18.4. The summed E-state index contributed by atoms with van der Waals surface area (Å²) >= 11 is 0. The quantitative estimate of drug-likeness (QED) is 0.470.